The molecule has 0 aromatic heterocycles. The van der Waals surface area contributed by atoms with Crippen LogP contribution in [0.25, 0.3) is 0 Å². The SMILES string of the molecule is CCCCCCCCCCCC(O)C(CO)CCCCCCCC. The van der Waals surface area contributed by atoms with Crippen molar-refractivity contribution < 1.29 is 10.2 Å². The molecule has 0 aliphatic heterocycles. The second-order valence-electron chi connectivity index (χ2n) is 7.68. The van der Waals surface area contributed by atoms with Crippen molar-refractivity contribution in [2.75, 3.05) is 6.61 Å². The maximum atomic E-state index is 10.3. The molecule has 0 radical (unpaired) electrons. The molecule has 0 aliphatic rings. The van der Waals surface area contributed by atoms with Crippen molar-refractivity contribution >= 4 is 0 Å². The van der Waals surface area contributed by atoms with Gasteiger partial charge in [-0.25, -0.2) is 0 Å². The van der Waals surface area contributed by atoms with Crippen LogP contribution in [-0.2, 0) is 0 Å². The van der Waals surface area contributed by atoms with Crippen LogP contribution in [0.2, 0.25) is 0 Å². The number of aliphatic hydroxyl groups excluding tert-OH is 2. The van der Waals surface area contributed by atoms with E-state index in [1.807, 2.05) is 0 Å². The summed E-state index contributed by atoms with van der Waals surface area (Å²) in [5.74, 6) is 0.102. The van der Waals surface area contributed by atoms with Crippen LogP contribution in [0.15, 0.2) is 0 Å². The van der Waals surface area contributed by atoms with Gasteiger partial charge < -0.3 is 10.2 Å². The molecule has 2 nitrogen and oxygen atoms in total. The summed E-state index contributed by atoms with van der Waals surface area (Å²) in [7, 11) is 0. The maximum absolute atomic E-state index is 10.3. The van der Waals surface area contributed by atoms with E-state index in [2.05, 4.69) is 13.8 Å². The Bertz CT molecular complexity index is 230. The molecule has 24 heavy (non-hydrogen) atoms. The summed E-state index contributed by atoms with van der Waals surface area (Å²) in [5, 5.41) is 19.8. The summed E-state index contributed by atoms with van der Waals surface area (Å²) >= 11 is 0. The summed E-state index contributed by atoms with van der Waals surface area (Å²) in [5.41, 5.74) is 0. The standard InChI is InChI=1S/C22H46O2/c1-3-5-7-9-11-12-13-15-17-19-22(24)21(20-23)18-16-14-10-8-6-4-2/h21-24H,3-20H2,1-2H3. The van der Waals surface area contributed by atoms with Gasteiger partial charge in [0.2, 0.25) is 0 Å². The molecule has 2 atom stereocenters. The third-order valence-electron chi connectivity index (χ3n) is 5.31. The zero-order chi connectivity index (χ0) is 17.9. The lowest BCUT2D eigenvalue weighted by molar-refractivity contribution is 0.0528. The van der Waals surface area contributed by atoms with Crippen molar-refractivity contribution in [1.29, 1.82) is 0 Å². The first kappa shape index (κ1) is 23.9. The van der Waals surface area contributed by atoms with Crippen molar-refractivity contribution in [2.24, 2.45) is 5.92 Å². The second-order valence-corrected chi connectivity index (χ2v) is 7.68. The predicted octanol–water partition coefficient (Wildman–Crippen LogP) is 6.63. The van der Waals surface area contributed by atoms with Crippen LogP contribution in [0, 0.1) is 5.92 Å². The van der Waals surface area contributed by atoms with E-state index in [0.29, 0.717) is 0 Å². The fourth-order valence-electron chi connectivity index (χ4n) is 3.49. The minimum Gasteiger partial charge on any atom is -0.396 e. The first-order valence-corrected chi connectivity index (χ1v) is 11.0. The van der Waals surface area contributed by atoms with Crippen LogP contribution < -0.4 is 0 Å². The van der Waals surface area contributed by atoms with Crippen LogP contribution in [0.4, 0.5) is 0 Å². The minimum atomic E-state index is -0.296. The Kier molecular flexibility index (Phi) is 19.2. The van der Waals surface area contributed by atoms with E-state index in [1.54, 1.807) is 0 Å². The lowest BCUT2D eigenvalue weighted by atomic mass is 9.92. The highest BCUT2D eigenvalue weighted by Gasteiger charge is 2.17. The van der Waals surface area contributed by atoms with Crippen molar-refractivity contribution in [2.45, 2.75) is 129 Å². The fourth-order valence-corrected chi connectivity index (χ4v) is 3.49. The quantitative estimate of drug-likeness (QED) is 0.259. The van der Waals surface area contributed by atoms with Crippen LogP contribution >= 0.6 is 0 Å². The molecule has 0 rings (SSSR count). The van der Waals surface area contributed by atoms with Gasteiger partial charge in [0.05, 0.1) is 6.10 Å². The molecule has 0 heterocycles. The molecular weight excluding hydrogens is 296 g/mol. The highest BCUT2D eigenvalue weighted by atomic mass is 16.3. The average Bonchev–Trinajstić information content (AvgIpc) is 2.59. The van der Waals surface area contributed by atoms with E-state index in [4.69, 9.17) is 0 Å². The monoisotopic (exact) mass is 342 g/mol. The Hall–Kier alpha value is -0.0800. The summed E-state index contributed by atoms with van der Waals surface area (Å²) in [6.07, 6.45) is 21.1. The minimum absolute atomic E-state index is 0.102. The molecule has 0 amide bonds. The Morgan fingerprint density at radius 1 is 0.542 bits per heavy atom. The smallest absolute Gasteiger partial charge is 0.0590 e. The molecule has 0 spiro atoms. The number of aliphatic hydroxyl groups is 2. The summed E-state index contributed by atoms with van der Waals surface area (Å²) in [6.45, 7) is 4.65. The third-order valence-corrected chi connectivity index (χ3v) is 5.31. The van der Waals surface area contributed by atoms with Crippen molar-refractivity contribution in [1.82, 2.24) is 0 Å². The zero-order valence-corrected chi connectivity index (χ0v) is 16.8. The van der Waals surface area contributed by atoms with Crippen molar-refractivity contribution in [3.05, 3.63) is 0 Å². The lowest BCUT2D eigenvalue weighted by Crippen LogP contribution is -2.23. The van der Waals surface area contributed by atoms with Gasteiger partial charge in [0, 0.05) is 12.5 Å². The Morgan fingerprint density at radius 3 is 1.33 bits per heavy atom. The molecule has 0 fully saturated rings. The van der Waals surface area contributed by atoms with Gasteiger partial charge in [-0.1, -0.05) is 110 Å². The van der Waals surface area contributed by atoms with Gasteiger partial charge in [0.15, 0.2) is 0 Å². The van der Waals surface area contributed by atoms with Gasteiger partial charge in [0.1, 0.15) is 0 Å². The van der Waals surface area contributed by atoms with Gasteiger partial charge in [-0.05, 0) is 12.8 Å². The van der Waals surface area contributed by atoms with Gasteiger partial charge in [-0.15, -0.1) is 0 Å². The molecule has 2 N–H and O–H groups in total. The first-order valence-electron chi connectivity index (χ1n) is 11.0. The Morgan fingerprint density at radius 2 is 0.917 bits per heavy atom. The van der Waals surface area contributed by atoms with E-state index < -0.39 is 0 Å². The van der Waals surface area contributed by atoms with E-state index in [-0.39, 0.29) is 18.6 Å². The number of hydrogen-bond donors (Lipinski definition) is 2. The number of unbranched alkanes of at least 4 members (excludes halogenated alkanes) is 13. The number of rotatable bonds is 19. The van der Waals surface area contributed by atoms with Gasteiger partial charge in [-0.3, -0.25) is 0 Å². The third kappa shape index (κ3) is 15.4. The molecule has 0 aromatic rings. The van der Waals surface area contributed by atoms with E-state index in [0.717, 1.165) is 25.7 Å². The topological polar surface area (TPSA) is 40.5 Å². The Balaban J connectivity index is 3.49. The van der Waals surface area contributed by atoms with Crippen LogP contribution in [0.5, 0.6) is 0 Å². The molecule has 0 saturated carbocycles. The molecule has 0 bridgehead atoms. The molecule has 2 unspecified atom stereocenters. The van der Waals surface area contributed by atoms with Crippen LogP contribution in [0.1, 0.15) is 123 Å². The molecule has 0 aromatic carbocycles. The molecule has 2 heteroatoms. The second kappa shape index (κ2) is 19.2. The zero-order valence-electron chi connectivity index (χ0n) is 16.8. The van der Waals surface area contributed by atoms with E-state index >= 15 is 0 Å². The largest absolute Gasteiger partial charge is 0.396 e. The van der Waals surface area contributed by atoms with Gasteiger partial charge in [-0.2, -0.15) is 0 Å². The summed E-state index contributed by atoms with van der Waals surface area (Å²) in [4.78, 5) is 0. The normalized spacial score (nSPS) is 14.0. The van der Waals surface area contributed by atoms with Gasteiger partial charge >= 0.3 is 0 Å². The number of hydrogen-bond acceptors (Lipinski definition) is 2. The van der Waals surface area contributed by atoms with Gasteiger partial charge in [0.25, 0.3) is 0 Å². The van der Waals surface area contributed by atoms with E-state index in [9.17, 15) is 10.2 Å². The van der Waals surface area contributed by atoms with Crippen LogP contribution in [0.3, 0.4) is 0 Å². The van der Waals surface area contributed by atoms with E-state index in [1.165, 1.54) is 83.5 Å². The summed E-state index contributed by atoms with van der Waals surface area (Å²) < 4.78 is 0. The van der Waals surface area contributed by atoms with Crippen molar-refractivity contribution in [3.63, 3.8) is 0 Å². The molecule has 146 valence electrons. The molecule has 0 saturated heterocycles. The first-order chi connectivity index (χ1) is 11.8. The maximum Gasteiger partial charge on any atom is 0.0590 e. The van der Waals surface area contributed by atoms with Crippen LogP contribution in [-0.4, -0.2) is 22.9 Å². The van der Waals surface area contributed by atoms with Crippen molar-refractivity contribution in [3.8, 4) is 0 Å². The molecular formula is C22H46O2. The lowest BCUT2D eigenvalue weighted by Gasteiger charge is -2.21. The highest BCUT2D eigenvalue weighted by Crippen LogP contribution is 2.19. The fraction of sp³-hybridized carbons (Fsp3) is 1.00. The molecule has 0 aliphatic carbocycles. The summed E-state index contributed by atoms with van der Waals surface area (Å²) in [6, 6.07) is 0. The average molecular weight is 343 g/mol. The Labute approximate surface area is 152 Å². The predicted molar refractivity (Wildman–Crippen MR) is 106 cm³/mol. The highest BCUT2D eigenvalue weighted by molar-refractivity contribution is 4.68.